The van der Waals surface area contributed by atoms with E-state index >= 15 is 0 Å². The van der Waals surface area contributed by atoms with Gasteiger partial charge in [-0.1, -0.05) is 36.4 Å². The van der Waals surface area contributed by atoms with Crippen LogP contribution < -0.4 is 0 Å². The topological polar surface area (TPSA) is 103 Å². The molecule has 186 valence electrons. The molecular formula is C28H19N5O3S2. The second kappa shape index (κ2) is 8.32. The average Bonchev–Trinajstić information content (AvgIpc) is 3.74. The van der Waals surface area contributed by atoms with E-state index in [4.69, 9.17) is 4.98 Å². The van der Waals surface area contributed by atoms with Crippen molar-refractivity contribution in [3.05, 3.63) is 114 Å². The molecule has 4 aromatic heterocycles. The molecule has 0 aliphatic carbocycles. The quantitative estimate of drug-likeness (QED) is 0.333. The molecule has 0 unspecified atom stereocenters. The van der Waals surface area contributed by atoms with Crippen LogP contribution in [-0.4, -0.2) is 37.0 Å². The zero-order valence-electron chi connectivity index (χ0n) is 19.7. The Balaban J connectivity index is 1.31. The summed E-state index contributed by atoms with van der Waals surface area (Å²) in [6.45, 7) is 0. The number of aliphatic hydroxyl groups is 1. The standard InChI is InChI=1S/C28H19N5O3S2/c34-28(11-14-32-15-13-30-27(28)32)20-7-4-6-19(16-20)26-31-24(18-37-26)23-17-33(25-22(23)10-5-12-29-25)38(35,36)21-8-2-1-3-9-21/h1-18,34H/t28-/m1/s1. The molecule has 7 rings (SSSR count). The van der Waals surface area contributed by atoms with Gasteiger partial charge in [-0.15, -0.1) is 11.3 Å². The Kier molecular flexibility index (Phi) is 4.99. The molecule has 0 saturated heterocycles. The minimum absolute atomic E-state index is 0.185. The SMILES string of the molecule is O=S(=O)(c1ccccc1)n1cc(-c2csc(-c3cccc([C@]4(O)C=Cn5ccnc54)c3)n2)c2cccnc21. The third-order valence-electron chi connectivity index (χ3n) is 6.65. The van der Waals surface area contributed by atoms with Crippen LogP contribution in [0.1, 0.15) is 11.4 Å². The van der Waals surface area contributed by atoms with Gasteiger partial charge in [0, 0.05) is 52.9 Å². The molecule has 38 heavy (non-hydrogen) atoms. The summed E-state index contributed by atoms with van der Waals surface area (Å²) in [4.78, 5) is 13.7. The Labute approximate surface area is 221 Å². The van der Waals surface area contributed by atoms with Gasteiger partial charge in [-0.3, -0.25) is 0 Å². The van der Waals surface area contributed by atoms with Crippen LogP contribution in [0.3, 0.4) is 0 Å². The molecule has 8 nitrogen and oxygen atoms in total. The van der Waals surface area contributed by atoms with Crippen molar-refractivity contribution in [2.75, 3.05) is 0 Å². The maximum atomic E-state index is 13.4. The van der Waals surface area contributed by atoms with Gasteiger partial charge in [0.15, 0.2) is 17.1 Å². The molecule has 1 aliphatic rings. The maximum absolute atomic E-state index is 13.4. The Morgan fingerprint density at radius 3 is 2.68 bits per heavy atom. The molecule has 5 heterocycles. The van der Waals surface area contributed by atoms with Crippen LogP contribution in [0.5, 0.6) is 0 Å². The van der Waals surface area contributed by atoms with Gasteiger partial charge >= 0.3 is 0 Å². The molecule has 0 radical (unpaired) electrons. The Morgan fingerprint density at radius 2 is 1.82 bits per heavy atom. The lowest BCUT2D eigenvalue weighted by Gasteiger charge is -2.20. The highest BCUT2D eigenvalue weighted by atomic mass is 32.2. The number of nitrogens with zero attached hydrogens (tertiary/aromatic N) is 5. The summed E-state index contributed by atoms with van der Waals surface area (Å²) in [6, 6.07) is 19.5. The second-order valence-electron chi connectivity index (χ2n) is 8.89. The highest BCUT2D eigenvalue weighted by Gasteiger charge is 2.36. The summed E-state index contributed by atoms with van der Waals surface area (Å²) < 4.78 is 29.9. The summed E-state index contributed by atoms with van der Waals surface area (Å²) >= 11 is 1.45. The molecule has 0 saturated carbocycles. The van der Waals surface area contributed by atoms with Crippen molar-refractivity contribution in [2.45, 2.75) is 10.5 Å². The third kappa shape index (κ3) is 3.38. The minimum atomic E-state index is -3.85. The lowest BCUT2D eigenvalue weighted by molar-refractivity contribution is 0.129. The van der Waals surface area contributed by atoms with Crippen LogP contribution in [0.2, 0.25) is 0 Å². The molecule has 10 heteroatoms. The average molecular weight is 538 g/mol. The fraction of sp³-hybridized carbons (Fsp3) is 0.0357. The Hall–Kier alpha value is -4.38. The third-order valence-corrected chi connectivity index (χ3v) is 9.20. The smallest absolute Gasteiger partial charge is 0.269 e. The van der Waals surface area contributed by atoms with Crippen molar-refractivity contribution >= 4 is 38.6 Å². The maximum Gasteiger partial charge on any atom is 0.269 e. The van der Waals surface area contributed by atoms with E-state index in [9.17, 15) is 13.5 Å². The zero-order chi connectivity index (χ0) is 25.9. The number of hydrogen-bond acceptors (Lipinski definition) is 7. The number of imidazole rings is 1. The summed E-state index contributed by atoms with van der Waals surface area (Å²) in [6.07, 6.45) is 10.1. The number of pyridine rings is 1. The molecule has 0 bridgehead atoms. The first-order valence-electron chi connectivity index (χ1n) is 11.7. The number of fused-ring (bicyclic) bond motifs is 2. The highest BCUT2D eigenvalue weighted by Crippen LogP contribution is 2.38. The number of hydrogen-bond donors (Lipinski definition) is 1. The first kappa shape index (κ1) is 22.8. The first-order valence-corrected chi connectivity index (χ1v) is 14.1. The number of rotatable bonds is 5. The lowest BCUT2D eigenvalue weighted by Crippen LogP contribution is -2.24. The fourth-order valence-corrected chi connectivity index (χ4v) is 6.92. The molecule has 1 N–H and O–H groups in total. The minimum Gasteiger partial charge on any atom is -0.373 e. The molecule has 0 spiro atoms. The van der Waals surface area contributed by atoms with Crippen molar-refractivity contribution in [1.82, 2.24) is 23.5 Å². The van der Waals surface area contributed by atoms with E-state index < -0.39 is 15.6 Å². The van der Waals surface area contributed by atoms with E-state index in [2.05, 4.69) is 9.97 Å². The summed E-state index contributed by atoms with van der Waals surface area (Å²) in [7, 11) is -3.85. The van der Waals surface area contributed by atoms with Gasteiger partial charge in [0.1, 0.15) is 5.01 Å². The summed E-state index contributed by atoms with van der Waals surface area (Å²) in [5.41, 5.74) is 1.85. The molecule has 2 aromatic carbocycles. The van der Waals surface area contributed by atoms with Crippen LogP contribution in [0.4, 0.5) is 0 Å². The summed E-state index contributed by atoms with van der Waals surface area (Å²) in [5.74, 6) is 0.536. The van der Waals surface area contributed by atoms with Gasteiger partial charge in [-0.2, -0.15) is 0 Å². The van der Waals surface area contributed by atoms with Gasteiger partial charge < -0.3 is 9.67 Å². The van der Waals surface area contributed by atoms with E-state index in [1.807, 2.05) is 35.7 Å². The zero-order valence-corrected chi connectivity index (χ0v) is 21.3. The Morgan fingerprint density at radius 1 is 0.947 bits per heavy atom. The van der Waals surface area contributed by atoms with Crippen molar-refractivity contribution in [3.63, 3.8) is 0 Å². The predicted molar refractivity (Wildman–Crippen MR) is 146 cm³/mol. The number of benzene rings is 2. The molecule has 0 amide bonds. The van der Waals surface area contributed by atoms with E-state index in [0.29, 0.717) is 33.7 Å². The monoisotopic (exact) mass is 537 g/mol. The molecule has 0 fully saturated rings. The van der Waals surface area contributed by atoms with Gasteiger partial charge in [-0.05, 0) is 42.0 Å². The van der Waals surface area contributed by atoms with Crippen molar-refractivity contribution in [1.29, 1.82) is 0 Å². The van der Waals surface area contributed by atoms with Crippen molar-refractivity contribution in [2.24, 2.45) is 0 Å². The van der Waals surface area contributed by atoms with Crippen LogP contribution in [0.25, 0.3) is 39.1 Å². The summed E-state index contributed by atoms with van der Waals surface area (Å²) in [5, 5.41) is 14.7. The van der Waals surface area contributed by atoms with Crippen LogP contribution >= 0.6 is 11.3 Å². The first-order chi connectivity index (χ1) is 18.4. The van der Waals surface area contributed by atoms with E-state index in [1.165, 1.54) is 15.3 Å². The lowest BCUT2D eigenvalue weighted by atomic mass is 9.93. The normalized spacial score (nSPS) is 16.8. The fourth-order valence-electron chi connectivity index (χ4n) is 4.76. The van der Waals surface area contributed by atoms with Crippen molar-refractivity contribution < 1.29 is 13.5 Å². The molecular weight excluding hydrogens is 518 g/mol. The Bertz CT molecular complexity index is 1970. The van der Waals surface area contributed by atoms with Gasteiger partial charge in [-0.25, -0.2) is 27.3 Å². The van der Waals surface area contributed by atoms with Crippen LogP contribution in [-0.2, 0) is 15.6 Å². The molecule has 1 aliphatic heterocycles. The van der Waals surface area contributed by atoms with Gasteiger partial charge in [0.05, 0.1) is 10.6 Å². The number of thiazole rings is 1. The largest absolute Gasteiger partial charge is 0.373 e. The van der Waals surface area contributed by atoms with Crippen molar-refractivity contribution in [3.8, 4) is 21.8 Å². The van der Waals surface area contributed by atoms with E-state index in [-0.39, 0.29) is 4.90 Å². The second-order valence-corrected chi connectivity index (χ2v) is 11.6. The van der Waals surface area contributed by atoms with Gasteiger partial charge in [0.2, 0.25) is 0 Å². The molecule has 1 atom stereocenters. The van der Waals surface area contributed by atoms with Crippen LogP contribution in [0.15, 0.2) is 108 Å². The predicted octanol–water partition coefficient (Wildman–Crippen LogP) is 4.98. The van der Waals surface area contributed by atoms with E-state index in [0.717, 1.165) is 10.6 Å². The van der Waals surface area contributed by atoms with Crippen LogP contribution in [0, 0.1) is 0 Å². The van der Waals surface area contributed by atoms with Gasteiger partial charge in [0.25, 0.3) is 10.0 Å². The molecule has 6 aromatic rings. The number of aromatic nitrogens is 5. The highest BCUT2D eigenvalue weighted by molar-refractivity contribution is 7.90. The van der Waals surface area contributed by atoms with E-state index in [1.54, 1.807) is 78.0 Å².